The molecule has 0 atom stereocenters. The topological polar surface area (TPSA) is 8.17 Å². The zero-order valence-corrected chi connectivity index (χ0v) is 46.7. The fourth-order valence-corrected chi connectivity index (χ4v) is 16.4. The molecule has 0 saturated carbocycles. The van der Waals surface area contributed by atoms with Crippen molar-refractivity contribution in [3.05, 3.63) is 172 Å². The van der Waals surface area contributed by atoms with Gasteiger partial charge in [-0.3, -0.25) is 0 Å². The number of fused-ring (bicyclic) bond motifs is 20. The van der Waals surface area contributed by atoms with Crippen LogP contribution in [0.4, 0.5) is 11.4 Å². The summed E-state index contributed by atoms with van der Waals surface area (Å²) in [6.07, 6.45) is 2.40. The summed E-state index contributed by atoms with van der Waals surface area (Å²) in [6.45, 7) is 33.9. The smallest absolute Gasteiger partial charge is 0.333 e. The van der Waals surface area contributed by atoms with Gasteiger partial charge in [-0.1, -0.05) is 170 Å². The molecule has 10 aromatic rings. The Morgan fingerprint density at radius 3 is 1.82 bits per heavy atom. The molecular weight excluding hydrogens is 912 g/mol. The molecule has 3 aliphatic carbocycles. The molecule has 15 rings (SSSR count). The van der Waals surface area contributed by atoms with E-state index in [0.29, 0.717) is 0 Å². The molecule has 0 N–H and O–H groups in total. The van der Waals surface area contributed by atoms with Crippen molar-refractivity contribution in [2.75, 3.05) is 4.81 Å². The standard InChI is InChI=1S/C70H67BN2S/c1-65(2,3)38-23-26-40(27-24-38)73-56-37-51-43(44-33-52-53(35-49(44)70(51,13)14)68(9,10)30-29-67(52,7)8)32-47(56)59-60-42-20-16-18-22-58(42)74-64(60)61-46-31-39(66(4,5)6)25-28-55(46)72-57-34-45-41-19-15-17-21-48(41)69(11,12)50(45)36-54(57)71(73)62(59)63(61)72/h15-28,31-37H,29-30H2,1-14H3. The number of nitrogens with zero attached hydrogens (tertiary/aromatic N) is 2. The minimum atomic E-state index is -0.207. The van der Waals surface area contributed by atoms with Gasteiger partial charge in [-0.15, -0.1) is 11.3 Å². The lowest BCUT2D eigenvalue weighted by atomic mass is 9.43. The van der Waals surface area contributed by atoms with E-state index in [1.54, 1.807) is 5.56 Å². The highest BCUT2D eigenvalue weighted by atomic mass is 32.1. The predicted octanol–water partition coefficient (Wildman–Crippen LogP) is 17.9. The Morgan fingerprint density at radius 2 is 1.09 bits per heavy atom. The van der Waals surface area contributed by atoms with E-state index in [9.17, 15) is 0 Å². The first-order valence-electron chi connectivity index (χ1n) is 27.5. The molecule has 2 aromatic heterocycles. The summed E-state index contributed by atoms with van der Waals surface area (Å²) in [4.78, 5) is 2.81. The molecule has 4 heteroatoms. The van der Waals surface area contributed by atoms with Crippen LogP contribution >= 0.6 is 11.3 Å². The van der Waals surface area contributed by atoms with E-state index in [1.165, 1.54) is 155 Å². The highest BCUT2D eigenvalue weighted by Gasteiger charge is 2.50. The van der Waals surface area contributed by atoms with Crippen molar-refractivity contribution in [1.29, 1.82) is 0 Å². The number of rotatable bonds is 1. The number of hydrogen-bond donors (Lipinski definition) is 0. The largest absolute Gasteiger partial charge is 0.376 e. The maximum absolute atomic E-state index is 2.81. The van der Waals surface area contributed by atoms with Crippen LogP contribution in [0.15, 0.2) is 127 Å². The van der Waals surface area contributed by atoms with E-state index in [4.69, 9.17) is 0 Å². The highest BCUT2D eigenvalue weighted by Crippen LogP contribution is 2.60. The summed E-state index contributed by atoms with van der Waals surface area (Å²) in [5.41, 5.74) is 29.0. The van der Waals surface area contributed by atoms with E-state index in [-0.39, 0.29) is 39.3 Å². The first-order valence-corrected chi connectivity index (χ1v) is 28.3. The van der Waals surface area contributed by atoms with E-state index < -0.39 is 0 Å². The van der Waals surface area contributed by atoms with Crippen LogP contribution in [0.5, 0.6) is 0 Å². The van der Waals surface area contributed by atoms with Crippen LogP contribution in [0.25, 0.3) is 81.0 Å². The van der Waals surface area contributed by atoms with Gasteiger partial charge in [-0.2, -0.15) is 0 Å². The van der Waals surface area contributed by atoms with E-state index in [2.05, 4.69) is 234 Å². The second kappa shape index (κ2) is 13.9. The summed E-state index contributed by atoms with van der Waals surface area (Å²) in [5, 5.41) is 5.52. The molecule has 0 bridgehead atoms. The molecular formula is C70H67BN2S. The molecule has 0 amide bonds. The van der Waals surface area contributed by atoms with Gasteiger partial charge in [0.2, 0.25) is 0 Å². The second-order valence-electron chi connectivity index (χ2n) is 27.6. The van der Waals surface area contributed by atoms with Crippen LogP contribution in [-0.4, -0.2) is 11.4 Å². The fraction of sp³-hybridized carbons (Fsp3) is 0.314. The van der Waals surface area contributed by atoms with Crippen LogP contribution in [0.3, 0.4) is 0 Å². The maximum atomic E-state index is 2.81. The van der Waals surface area contributed by atoms with Crippen LogP contribution in [0.1, 0.15) is 154 Å². The van der Waals surface area contributed by atoms with Crippen molar-refractivity contribution in [2.24, 2.45) is 0 Å². The second-order valence-corrected chi connectivity index (χ2v) is 28.6. The molecule has 0 radical (unpaired) electrons. The maximum Gasteiger partial charge on any atom is 0.333 e. The SMILES string of the molecule is CC(C)(C)c1ccc(N2B3c4cc5c(cc4-n4c6ccc(C(C)(C)C)cc6c6c7sc8ccccc8c7c(c3c64)-c3cc4c(cc32)C(C)(C)c2cc3c(cc2-4)C(C)(C)CCC3(C)C)-c2ccccc2C5(C)C)cc1. The van der Waals surface area contributed by atoms with Crippen molar-refractivity contribution in [3.8, 4) is 39.1 Å². The third-order valence-electron chi connectivity index (χ3n) is 19.5. The number of anilines is 2. The van der Waals surface area contributed by atoms with E-state index >= 15 is 0 Å². The first-order chi connectivity index (χ1) is 35.0. The van der Waals surface area contributed by atoms with Crippen LogP contribution < -0.4 is 15.7 Å². The zero-order chi connectivity index (χ0) is 51.3. The normalized spacial score (nSPS) is 17.9. The molecule has 8 aromatic carbocycles. The summed E-state index contributed by atoms with van der Waals surface area (Å²) in [6, 6.07) is 51.6. The molecule has 0 fully saturated rings. The summed E-state index contributed by atoms with van der Waals surface area (Å²) >= 11 is 2.00. The van der Waals surface area contributed by atoms with Gasteiger partial charge in [0.1, 0.15) is 0 Å². The number of benzene rings is 8. The van der Waals surface area contributed by atoms with Gasteiger partial charge < -0.3 is 9.38 Å². The Morgan fingerprint density at radius 1 is 0.486 bits per heavy atom. The van der Waals surface area contributed by atoms with Gasteiger partial charge in [0, 0.05) is 64.4 Å². The van der Waals surface area contributed by atoms with Crippen molar-refractivity contribution >= 4 is 82.5 Å². The molecule has 0 unspecified atom stereocenters. The molecule has 74 heavy (non-hydrogen) atoms. The number of thiophene rings is 1. The van der Waals surface area contributed by atoms with Crippen molar-refractivity contribution in [3.63, 3.8) is 0 Å². The molecule has 2 aliphatic heterocycles. The van der Waals surface area contributed by atoms with Gasteiger partial charge in [0.25, 0.3) is 0 Å². The third-order valence-corrected chi connectivity index (χ3v) is 20.7. The molecule has 0 spiro atoms. The quantitative estimate of drug-likeness (QED) is 0.149. The Bertz CT molecular complexity index is 4210. The Kier molecular flexibility index (Phi) is 8.48. The molecule has 4 heterocycles. The molecule has 366 valence electrons. The number of hydrogen-bond acceptors (Lipinski definition) is 2. The average molecular weight is 979 g/mol. The van der Waals surface area contributed by atoms with Crippen molar-refractivity contribution in [2.45, 2.75) is 142 Å². The van der Waals surface area contributed by atoms with Crippen LogP contribution in [-0.2, 0) is 32.5 Å². The summed E-state index contributed by atoms with van der Waals surface area (Å²) in [7, 11) is 0. The van der Waals surface area contributed by atoms with E-state index in [0.717, 1.165) is 0 Å². The van der Waals surface area contributed by atoms with Crippen molar-refractivity contribution in [1.82, 2.24) is 4.57 Å². The average Bonchev–Trinajstić information content (AvgIpc) is 4.11. The van der Waals surface area contributed by atoms with Gasteiger partial charge >= 0.3 is 6.85 Å². The Balaban J connectivity index is 1.15. The lowest BCUT2D eigenvalue weighted by molar-refractivity contribution is 0.331. The Labute approximate surface area is 442 Å². The molecule has 2 nitrogen and oxygen atoms in total. The minimum Gasteiger partial charge on any atom is -0.376 e. The van der Waals surface area contributed by atoms with Crippen LogP contribution in [0.2, 0.25) is 0 Å². The zero-order valence-electron chi connectivity index (χ0n) is 45.9. The van der Waals surface area contributed by atoms with Crippen LogP contribution in [0, 0.1) is 0 Å². The van der Waals surface area contributed by atoms with Gasteiger partial charge in [-0.05, 0) is 172 Å². The van der Waals surface area contributed by atoms with E-state index in [1.807, 2.05) is 11.3 Å². The third kappa shape index (κ3) is 5.58. The summed E-state index contributed by atoms with van der Waals surface area (Å²) in [5.74, 6) is 0. The first kappa shape index (κ1) is 45.1. The van der Waals surface area contributed by atoms with Gasteiger partial charge in [0.15, 0.2) is 0 Å². The lowest BCUT2D eigenvalue weighted by Gasteiger charge is -2.43. The fourth-order valence-electron chi connectivity index (χ4n) is 15.1. The monoisotopic (exact) mass is 979 g/mol. The minimum absolute atomic E-state index is 0.0174. The lowest BCUT2D eigenvalue weighted by Crippen LogP contribution is -2.60. The molecule has 5 aliphatic rings. The summed E-state index contributed by atoms with van der Waals surface area (Å²) < 4.78 is 5.48. The highest BCUT2D eigenvalue weighted by molar-refractivity contribution is 7.27. The van der Waals surface area contributed by atoms with Gasteiger partial charge in [-0.25, -0.2) is 0 Å². The van der Waals surface area contributed by atoms with Crippen molar-refractivity contribution < 1.29 is 0 Å². The Hall–Kier alpha value is -6.36. The predicted molar refractivity (Wildman–Crippen MR) is 321 cm³/mol. The number of aromatic nitrogens is 1. The molecule has 0 saturated heterocycles. The van der Waals surface area contributed by atoms with Gasteiger partial charge in [0.05, 0.1) is 11.0 Å².